The van der Waals surface area contributed by atoms with Gasteiger partial charge in [-0.05, 0) is 12.1 Å². The van der Waals surface area contributed by atoms with Crippen LogP contribution in [-0.4, -0.2) is 16.0 Å². The van der Waals surface area contributed by atoms with Crippen LogP contribution in [0.3, 0.4) is 0 Å². The SMILES string of the molecule is CCc1nc(COc2cccc(NC(=O)C(C)C)c2)no1. The van der Waals surface area contributed by atoms with Gasteiger partial charge in [0.15, 0.2) is 6.61 Å². The first-order chi connectivity index (χ1) is 10.1. The molecule has 0 bridgehead atoms. The third-order valence-corrected chi connectivity index (χ3v) is 2.81. The normalized spacial score (nSPS) is 10.7. The minimum absolute atomic E-state index is 0.0297. The van der Waals surface area contributed by atoms with Crippen LogP contribution in [0.5, 0.6) is 5.75 Å². The molecule has 0 aliphatic carbocycles. The molecule has 0 radical (unpaired) electrons. The summed E-state index contributed by atoms with van der Waals surface area (Å²) < 4.78 is 10.6. The highest BCUT2D eigenvalue weighted by Gasteiger charge is 2.08. The third-order valence-electron chi connectivity index (χ3n) is 2.81. The van der Waals surface area contributed by atoms with Gasteiger partial charge in [-0.15, -0.1) is 0 Å². The van der Waals surface area contributed by atoms with Gasteiger partial charge in [-0.3, -0.25) is 4.79 Å². The maximum absolute atomic E-state index is 11.7. The number of hydrogen-bond acceptors (Lipinski definition) is 5. The van der Waals surface area contributed by atoms with Crippen molar-refractivity contribution in [2.24, 2.45) is 5.92 Å². The molecule has 1 aromatic carbocycles. The number of nitrogens with zero attached hydrogens (tertiary/aromatic N) is 2. The Morgan fingerprint density at radius 1 is 1.43 bits per heavy atom. The van der Waals surface area contributed by atoms with Crippen molar-refractivity contribution in [1.82, 2.24) is 10.1 Å². The van der Waals surface area contributed by atoms with E-state index in [-0.39, 0.29) is 18.4 Å². The predicted molar refractivity (Wildman–Crippen MR) is 77.9 cm³/mol. The lowest BCUT2D eigenvalue weighted by Crippen LogP contribution is -2.17. The largest absolute Gasteiger partial charge is 0.485 e. The summed E-state index contributed by atoms with van der Waals surface area (Å²) in [4.78, 5) is 15.8. The van der Waals surface area contributed by atoms with Gasteiger partial charge in [0.1, 0.15) is 5.75 Å². The van der Waals surface area contributed by atoms with Crippen molar-refractivity contribution < 1.29 is 14.1 Å². The zero-order chi connectivity index (χ0) is 15.2. The van der Waals surface area contributed by atoms with Crippen molar-refractivity contribution in [1.29, 1.82) is 0 Å². The summed E-state index contributed by atoms with van der Waals surface area (Å²) in [5.74, 6) is 1.63. The molecule has 0 spiro atoms. The molecular formula is C15H19N3O3. The van der Waals surface area contributed by atoms with Gasteiger partial charge >= 0.3 is 0 Å². The molecule has 1 aromatic heterocycles. The lowest BCUT2D eigenvalue weighted by atomic mass is 10.2. The van der Waals surface area contributed by atoms with E-state index in [0.29, 0.717) is 29.6 Å². The van der Waals surface area contributed by atoms with Crippen LogP contribution in [0.1, 0.15) is 32.5 Å². The maximum Gasteiger partial charge on any atom is 0.226 e. The number of aryl methyl sites for hydroxylation is 1. The van der Waals surface area contributed by atoms with Crippen LogP contribution in [0.4, 0.5) is 5.69 Å². The van der Waals surface area contributed by atoms with E-state index in [1.165, 1.54) is 0 Å². The minimum atomic E-state index is -0.0682. The van der Waals surface area contributed by atoms with Crippen molar-refractivity contribution in [2.45, 2.75) is 33.8 Å². The fourth-order valence-electron chi connectivity index (χ4n) is 1.59. The number of anilines is 1. The van der Waals surface area contributed by atoms with E-state index in [0.717, 1.165) is 0 Å². The molecule has 1 amide bonds. The topological polar surface area (TPSA) is 77.2 Å². The lowest BCUT2D eigenvalue weighted by Gasteiger charge is -2.09. The molecule has 112 valence electrons. The van der Waals surface area contributed by atoms with Crippen LogP contribution in [-0.2, 0) is 17.8 Å². The Balaban J connectivity index is 1.96. The molecule has 0 atom stereocenters. The number of aromatic nitrogens is 2. The van der Waals surface area contributed by atoms with Crippen molar-refractivity contribution in [2.75, 3.05) is 5.32 Å². The third kappa shape index (κ3) is 4.30. The second kappa shape index (κ2) is 6.88. The van der Waals surface area contributed by atoms with Gasteiger partial charge in [0, 0.05) is 24.1 Å². The molecule has 2 aromatic rings. The highest BCUT2D eigenvalue weighted by molar-refractivity contribution is 5.92. The van der Waals surface area contributed by atoms with Gasteiger partial charge in [-0.1, -0.05) is 32.0 Å². The van der Waals surface area contributed by atoms with Gasteiger partial charge in [0.2, 0.25) is 17.6 Å². The van der Waals surface area contributed by atoms with Gasteiger partial charge in [-0.25, -0.2) is 0 Å². The predicted octanol–water partition coefficient (Wildman–Crippen LogP) is 2.81. The fraction of sp³-hybridized carbons (Fsp3) is 0.400. The Morgan fingerprint density at radius 2 is 2.24 bits per heavy atom. The van der Waals surface area contributed by atoms with Crippen molar-refractivity contribution in [3.05, 3.63) is 36.0 Å². The monoisotopic (exact) mass is 289 g/mol. The molecule has 2 rings (SSSR count). The number of benzene rings is 1. The lowest BCUT2D eigenvalue weighted by molar-refractivity contribution is -0.118. The molecule has 0 aliphatic heterocycles. The van der Waals surface area contributed by atoms with E-state index >= 15 is 0 Å². The Bertz CT molecular complexity index is 608. The van der Waals surface area contributed by atoms with Gasteiger partial charge in [0.25, 0.3) is 0 Å². The Kier molecular flexibility index (Phi) is 4.92. The van der Waals surface area contributed by atoms with E-state index in [2.05, 4.69) is 15.5 Å². The Labute approximate surface area is 123 Å². The number of carbonyl (C=O) groups is 1. The van der Waals surface area contributed by atoms with E-state index in [4.69, 9.17) is 9.26 Å². The summed E-state index contributed by atoms with van der Waals surface area (Å²) in [6.45, 7) is 5.86. The van der Waals surface area contributed by atoms with E-state index in [1.54, 1.807) is 6.07 Å². The highest BCUT2D eigenvalue weighted by atomic mass is 16.5. The Morgan fingerprint density at radius 3 is 2.90 bits per heavy atom. The van der Waals surface area contributed by atoms with Crippen molar-refractivity contribution in [3.8, 4) is 5.75 Å². The van der Waals surface area contributed by atoms with E-state index in [9.17, 15) is 4.79 Å². The quantitative estimate of drug-likeness (QED) is 0.884. The van der Waals surface area contributed by atoms with Gasteiger partial charge in [0.05, 0.1) is 0 Å². The zero-order valence-electron chi connectivity index (χ0n) is 12.4. The first kappa shape index (κ1) is 15.0. The van der Waals surface area contributed by atoms with Crippen molar-refractivity contribution in [3.63, 3.8) is 0 Å². The summed E-state index contributed by atoms with van der Waals surface area (Å²) >= 11 is 0. The van der Waals surface area contributed by atoms with Crippen LogP contribution >= 0.6 is 0 Å². The first-order valence-corrected chi connectivity index (χ1v) is 6.93. The second-order valence-electron chi connectivity index (χ2n) is 4.92. The van der Waals surface area contributed by atoms with Crippen LogP contribution in [0.2, 0.25) is 0 Å². The molecule has 6 nitrogen and oxygen atoms in total. The van der Waals surface area contributed by atoms with E-state index in [1.807, 2.05) is 39.0 Å². The maximum atomic E-state index is 11.7. The summed E-state index contributed by atoms with van der Waals surface area (Å²) in [5.41, 5.74) is 0.702. The second-order valence-corrected chi connectivity index (χ2v) is 4.92. The first-order valence-electron chi connectivity index (χ1n) is 6.93. The molecule has 21 heavy (non-hydrogen) atoms. The molecule has 0 fully saturated rings. The molecule has 1 heterocycles. The molecule has 0 aliphatic rings. The average Bonchev–Trinajstić information content (AvgIpc) is 2.93. The van der Waals surface area contributed by atoms with Crippen LogP contribution in [0.15, 0.2) is 28.8 Å². The zero-order valence-corrected chi connectivity index (χ0v) is 12.4. The number of rotatable bonds is 6. The van der Waals surface area contributed by atoms with Gasteiger partial charge < -0.3 is 14.6 Å². The minimum Gasteiger partial charge on any atom is -0.485 e. The summed E-state index contributed by atoms with van der Waals surface area (Å²) in [6, 6.07) is 7.21. The number of ether oxygens (including phenoxy) is 1. The number of carbonyl (C=O) groups excluding carboxylic acids is 1. The van der Waals surface area contributed by atoms with Gasteiger partial charge in [-0.2, -0.15) is 4.98 Å². The molecular weight excluding hydrogens is 270 g/mol. The van der Waals surface area contributed by atoms with E-state index < -0.39 is 0 Å². The smallest absolute Gasteiger partial charge is 0.226 e. The highest BCUT2D eigenvalue weighted by Crippen LogP contribution is 2.18. The Hall–Kier alpha value is -2.37. The molecule has 0 saturated heterocycles. The number of nitrogens with one attached hydrogen (secondary N) is 1. The van der Waals surface area contributed by atoms with Crippen molar-refractivity contribution >= 4 is 11.6 Å². The fourth-order valence-corrected chi connectivity index (χ4v) is 1.59. The van der Waals surface area contributed by atoms with Crippen LogP contribution < -0.4 is 10.1 Å². The molecule has 0 saturated carbocycles. The summed E-state index contributed by atoms with van der Waals surface area (Å²) in [5, 5.41) is 6.64. The average molecular weight is 289 g/mol. The standard InChI is InChI=1S/C15H19N3O3/c1-4-14-17-13(18-21-14)9-20-12-7-5-6-11(8-12)16-15(19)10(2)3/h5-8,10H,4,9H2,1-3H3,(H,16,19). The number of amides is 1. The van der Waals surface area contributed by atoms with Crippen LogP contribution in [0.25, 0.3) is 0 Å². The number of hydrogen-bond donors (Lipinski definition) is 1. The molecule has 0 unspecified atom stereocenters. The van der Waals surface area contributed by atoms with Crippen LogP contribution in [0, 0.1) is 5.92 Å². The summed E-state index contributed by atoms with van der Waals surface area (Å²) in [6.07, 6.45) is 0.698. The molecule has 1 N–H and O–H groups in total. The molecule has 6 heteroatoms. The summed E-state index contributed by atoms with van der Waals surface area (Å²) in [7, 11) is 0.